The number of rotatable bonds is 9. The van der Waals surface area contributed by atoms with E-state index in [2.05, 4.69) is 17.4 Å². The average Bonchev–Trinajstić information content (AvgIpc) is 2.80. The SMILES string of the molecule is OC[C@]1(O)O[C@H](CNCCCCCc2ccccc2)[C@H](O)[C@H]1O. The van der Waals surface area contributed by atoms with E-state index >= 15 is 0 Å². The topological polar surface area (TPSA) is 102 Å². The molecule has 1 aliphatic rings. The van der Waals surface area contributed by atoms with Crippen molar-refractivity contribution in [3.05, 3.63) is 35.9 Å². The van der Waals surface area contributed by atoms with Crippen LogP contribution in [0.3, 0.4) is 0 Å². The number of nitrogens with one attached hydrogen (secondary N) is 1. The molecule has 2 rings (SSSR count). The van der Waals surface area contributed by atoms with Gasteiger partial charge >= 0.3 is 0 Å². The fourth-order valence-corrected chi connectivity index (χ4v) is 2.81. The molecule has 5 N–H and O–H groups in total. The Bertz CT molecular complexity index is 458. The second-order valence-corrected chi connectivity index (χ2v) is 6.10. The Morgan fingerprint density at radius 3 is 2.48 bits per heavy atom. The van der Waals surface area contributed by atoms with Gasteiger partial charge in [-0.1, -0.05) is 36.8 Å². The zero-order valence-corrected chi connectivity index (χ0v) is 13.3. The molecule has 130 valence electrons. The standard InChI is InChI=1S/C17H27NO5/c19-12-17(22)16(21)15(20)14(23-17)11-18-10-6-2-5-9-13-7-3-1-4-8-13/h1,3-4,7-8,14-16,18-22H,2,5-6,9-12H2/t14-,15+,16-,17+/m1/s1. The zero-order chi connectivity index (χ0) is 16.7. The van der Waals surface area contributed by atoms with Gasteiger partial charge in [0.25, 0.3) is 0 Å². The van der Waals surface area contributed by atoms with Crippen molar-refractivity contribution in [2.45, 2.75) is 49.8 Å². The lowest BCUT2D eigenvalue weighted by molar-refractivity contribution is -0.245. The second kappa shape index (κ2) is 8.73. The first-order valence-electron chi connectivity index (χ1n) is 8.18. The number of hydrogen-bond acceptors (Lipinski definition) is 6. The molecule has 1 fully saturated rings. The van der Waals surface area contributed by atoms with Crippen molar-refractivity contribution < 1.29 is 25.2 Å². The molecule has 0 spiro atoms. The van der Waals surface area contributed by atoms with Crippen LogP contribution in [0.5, 0.6) is 0 Å². The maximum Gasteiger partial charge on any atom is 0.219 e. The van der Waals surface area contributed by atoms with Crippen LogP contribution in [-0.4, -0.2) is 64.2 Å². The molecule has 0 aliphatic carbocycles. The summed E-state index contributed by atoms with van der Waals surface area (Å²) in [6.45, 7) is 0.343. The molecule has 1 aromatic rings. The lowest BCUT2D eigenvalue weighted by Gasteiger charge is -2.22. The van der Waals surface area contributed by atoms with Crippen LogP contribution in [0.4, 0.5) is 0 Å². The first-order valence-corrected chi connectivity index (χ1v) is 8.18. The summed E-state index contributed by atoms with van der Waals surface area (Å²) in [5.74, 6) is -2.07. The van der Waals surface area contributed by atoms with Gasteiger partial charge in [-0.25, -0.2) is 0 Å². The number of hydrogen-bond donors (Lipinski definition) is 5. The van der Waals surface area contributed by atoms with Gasteiger partial charge in [-0.15, -0.1) is 0 Å². The van der Waals surface area contributed by atoms with E-state index in [1.165, 1.54) is 5.56 Å². The quantitative estimate of drug-likeness (QED) is 0.403. The molecule has 1 saturated heterocycles. The van der Waals surface area contributed by atoms with Crippen LogP contribution in [0.2, 0.25) is 0 Å². The van der Waals surface area contributed by atoms with Crippen molar-refractivity contribution in [1.29, 1.82) is 0 Å². The number of ether oxygens (including phenoxy) is 1. The third-order valence-electron chi connectivity index (χ3n) is 4.26. The Morgan fingerprint density at radius 1 is 1.09 bits per heavy atom. The summed E-state index contributed by atoms with van der Waals surface area (Å²) in [4.78, 5) is 0. The lowest BCUT2D eigenvalue weighted by Crippen LogP contribution is -2.46. The summed E-state index contributed by atoms with van der Waals surface area (Å²) in [6.07, 6.45) is 0.856. The minimum absolute atomic E-state index is 0.319. The minimum atomic E-state index is -2.07. The largest absolute Gasteiger partial charge is 0.391 e. The van der Waals surface area contributed by atoms with Gasteiger partial charge in [0.05, 0.1) is 6.61 Å². The number of aliphatic hydroxyl groups is 4. The van der Waals surface area contributed by atoms with Crippen LogP contribution in [-0.2, 0) is 11.2 Å². The molecule has 1 heterocycles. The molecule has 0 unspecified atom stereocenters. The summed E-state index contributed by atoms with van der Waals surface area (Å²) in [6, 6.07) is 10.4. The van der Waals surface area contributed by atoms with Gasteiger partial charge in [0.1, 0.15) is 18.3 Å². The molecule has 0 bridgehead atoms. The monoisotopic (exact) mass is 325 g/mol. The zero-order valence-electron chi connectivity index (χ0n) is 13.3. The van der Waals surface area contributed by atoms with Gasteiger partial charge in [-0.2, -0.15) is 0 Å². The van der Waals surface area contributed by atoms with Crippen LogP contribution in [0.25, 0.3) is 0 Å². The van der Waals surface area contributed by atoms with E-state index in [9.17, 15) is 15.3 Å². The fourth-order valence-electron chi connectivity index (χ4n) is 2.81. The van der Waals surface area contributed by atoms with Crippen molar-refractivity contribution in [1.82, 2.24) is 5.32 Å². The van der Waals surface area contributed by atoms with Crippen molar-refractivity contribution in [3.63, 3.8) is 0 Å². The maximum absolute atomic E-state index is 9.80. The van der Waals surface area contributed by atoms with Crippen LogP contribution in [0.15, 0.2) is 30.3 Å². The first-order chi connectivity index (χ1) is 11.1. The highest BCUT2D eigenvalue weighted by atomic mass is 16.7. The third kappa shape index (κ3) is 4.97. The normalized spacial score (nSPS) is 30.7. The van der Waals surface area contributed by atoms with Crippen molar-refractivity contribution >= 4 is 0 Å². The van der Waals surface area contributed by atoms with E-state index in [1.54, 1.807) is 0 Å². The molecule has 1 aromatic carbocycles. The highest BCUT2D eigenvalue weighted by molar-refractivity contribution is 5.14. The van der Waals surface area contributed by atoms with E-state index in [0.29, 0.717) is 6.54 Å². The molecule has 23 heavy (non-hydrogen) atoms. The molecule has 0 radical (unpaired) electrons. The molecule has 1 aliphatic heterocycles. The number of aliphatic hydroxyl groups excluding tert-OH is 3. The van der Waals surface area contributed by atoms with Gasteiger partial charge < -0.3 is 30.5 Å². The summed E-state index contributed by atoms with van der Waals surface area (Å²) in [5.41, 5.74) is 1.35. The molecule has 0 amide bonds. The lowest BCUT2D eigenvalue weighted by atomic mass is 10.1. The molecular formula is C17H27NO5. The summed E-state index contributed by atoms with van der Waals surface area (Å²) >= 11 is 0. The Kier molecular flexibility index (Phi) is 6.95. The van der Waals surface area contributed by atoms with E-state index in [4.69, 9.17) is 9.84 Å². The second-order valence-electron chi connectivity index (χ2n) is 6.10. The molecule has 6 heteroatoms. The molecule has 4 atom stereocenters. The maximum atomic E-state index is 9.80. The summed E-state index contributed by atoms with van der Waals surface area (Å²) in [5, 5.41) is 41.4. The smallest absolute Gasteiger partial charge is 0.219 e. The number of unbranched alkanes of at least 4 members (excludes halogenated alkanes) is 2. The summed E-state index contributed by atoms with van der Waals surface area (Å²) in [7, 11) is 0. The van der Waals surface area contributed by atoms with Crippen LogP contribution < -0.4 is 5.32 Å². The molecule has 0 aromatic heterocycles. The van der Waals surface area contributed by atoms with E-state index in [0.717, 1.165) is 32.2 Å². The Labute approximate surface area is 136 Å². The van der Waals surface area contributed by atoms with Crippen LogP contribution in [0, 0.1) is 0 Å². The summed E-state index contributed by atoms with van der Waals surface area (Å²) < 4.78 is 5.15. The van der Waals surface area contributed by atoms with Crippen molar-refractivity contribution in [2.24, 2.45) is 0 Å². The number of benzene rings is 1. The fraction of sp³-hybridized carbons (Fsp3) is 0.647. The Hall–Kier alpha value is -1.02. The Morgan fingerprint density at radius 2 is 1.83 bits per heavy atom. The predicted octanol–water partition coefficient (Wildman–Crippen LogP) is -0.210. The first kappa shape index (κ1) is 18.3. The molecule has 0 saturated carbocycles. The van der Waals surface area contributed by atoms with Crippen molar-refractivity contribution in [2.75, 3.05) is 19.7 Å². The van der Waals surface area contributed by atoms with Gasteiger partial charge in [0.2, 0.25) is 5.79 Å². The van der Waals surface area contributed by atoms with Gasteiger partial charge in [0, 0.05) is 6.54 Å². The van der Waals surface area contributed by atoms with Crippen LogP contribution >= 0.6 is 0 Å². The van der Waals surface area contributed by atoms with E-state index < -0.39 is 30.7 Å². The van der Waals surface area contributed by atoms with Crippen LogP contribution in [0.1, 0.15) is 24.8 Å². The van der Waals surface area contributed by atoms with Crippen molar-refractivity contribution in [3.8, 4) is 0 Å². The van der Waals surface area contributed by atoms with Gasteiger partial charge in [-0.3, -0.25) is 0 Å². The van der Waals surface area contributed by atoms with Gasteiger partial charge in [-0.05, 0) is 31.4 Å². The minimum Gasteiger partial charge on any atom is -0.391 e. The molecule has 6 nitrogen and oxygen atoms in total. The van der Waals surface area contributed by atoms with Gasteiger partial charge in [0.15, 0.2) is 0 Å². The number of aryl methyl sites for hydroxylation is 1. The predicted molar refractivity (Wildman–Crippen MR) is 85.8 cm³/mol. The Balaban J connectivity index is 1.56. The highest BCUT2D eigenvalue weighted by Gasteiger charge is 2.52. The molecular weight excluding hydrogens is 298 g/mol. The third-order valence-corrected chi connectivity index (χ3v) is 4.26. The van der Waals surface area contributed by atoms with E-state index in [-0.39, 0.29) is 0 Å². The van der Waals surface area contributed by atoms with E-state index in [1.807, 2.05) is 18.2 Å². The average molecular weight is 325 g/mol. The highest BCUT2D eigenvalue weighted by Crippen LogP contribution is 2.28.